The van der Waals surface area contributed by atoms with E-state index in [9.17, 15) is 9.90 Å². The Morgan fingerprint density at radius 1 is 1.60 bits per heavy atom. The fourth-order valence-corrected chi connectivity index (χ4v) is 3.19. The molecule has 0 spiro atoms. The maximum absolute atomic E-state index is 11.2. The summed E-state index contributed by atoms with van der Waals surface area (Å²) in [7, 11) is 0. The van der Waals surface area contributed by atoms with E-state index in [-0.39, 0.29) is 18.2 Å². The van der Waals surface area contributed by atoms with Crippen LogP contribution in [0.1, 0.15) is 40.7 Å². The number of piperidine rings is 1. The Morgan fingerprint density at radius 2 is 2.48 bits per heavy atom. The van der Waals surface area contributed by atoms with E-state index in [0.29, 0.717) is 13.2 Å². The van der Waals surface area contributed by atoms with Gasteiger partial charge in [0.25, 0.3) is 5.91 Å². The van der Waals surface area contributed by atoms with Crippen molar-refractivity contribution < 1.29 is 19.1 Å². The molecule has 3 rings (SSSR count). The number of amides is 1. The van der Waals surface area contributed by atoms with Gasteiger partial charge in [0.15, 0.2) is 0 Å². The number of aliphatic hydroxyl groups excluding tert-OH is 1. The van der Waals surface area contributed by atoms with Gasteiger partial charge < -0.3 is 24.9 Å². The van der Waals surface area contributed by atoms with Crippen LogP contribution in [0, 0.1) is 0 Å². The van der Waals surface area contributed by atoms with Gasteiger partial charge in [0.1, 0.15) is 18.1 Å². The molecule has 2 atom stereocenters. The molecule has 1 saturated heterocycles. The van der Waals surface area contributed by atoms with E-state index in [2.05, 4.69) is 15.1 Å². The number of aliphatic hydroxyl groups is 1. The Labute approximate surface area is 145 Å². The molecule has 0 saturated carbocycles. The minimum atomic E-state index is -0.559. The first-order valence-corrected chi connectivity index (χ1v) is 8.47. The number of aromatic amines is 1. The van der Waals surface area contributed by atoms with Crippen LogP contribution in [0.25, 0.3) is 0 Å². The summed E-state index contributed by atoms with van der Waals surface area (Å²) in [5.74, 6) is 0.472. The first kappa shape index (κ1) is 17.7. The van der Waals surface area contributed by atoms with E-state index >= 15 is 0 Å². The SMILES string of the molecule is NC(=O)c1cc([C@H]2CCCN(C[C@H](O)COCc3ccco3)C2)[nH]n1. The smallest absolute Gasteiger partial charge is 0.269 e. The number of nitrogens with zero attached hydrogens (tertiary/aromatic N) is 2. The molecular formula is C17H24N4O4. The van der Waals surface area contributed by atoms with Crippen LogP contribution in [-0.4, -0.2) is 58.5 Å². The molecule has 25 heavy (non-hydrogen) atoms. The second-order valence-electron chi connectivity index (χ2n) is 6.42. The lowest BCUT2D eigenvalue weighted by Gasteiger charge is -2.33. The Balaban J connectivity index is 1.44. The van der Waals surface area contributed by atoms with Crippen molar-refractivity contribution in [1.29, 1.82) is 0 Å². The van der Waals surface area contributed by atoms with Crippen LogP contribution in [0.4, 0.5) is 0 Å². The number of rotatable bonds is 8. The van der Waals surface area contributed by atoms with Crippen molar-refractivity contribution in [3.05, 3.63) is 41.6 Å². The van der Waals surface area contributed by atoms with Gasteiger partial charge in [-0.1, -0.05) is 0 Å². The zero-order valence-electron chi connectivity index (χ0n) is 14.1. The number of ether oxygens (including phenoxy) is 1. The molecule has 3 heterocycles. The predicted molar refractivity (Wildman–Crippen MR) is 89.9 cm³/mol. The Hall–Kier alpha value is -2.16. The maximum atomic E-state index is 11.2. The normalized spacial score (nSPS) is 19.8. The summed E-state index contributed by atoms with van der Waals surface area (Å²) in [5.41, 5.74) is 6.43. The minimum Gasteiger partial charge on any atom is -0.467 e. The fraction of sp³-hybridized carbons (Fsp3) is 0.529. The number of primary amides is 1. The van der Waals surface area contributed by atoms with E-state index < -0.39 is 12.0 Å². The molecular weight excluding hydrogens is 324 g/mol. The molecule has 8 nitrogen and oxygen atoms in total. The first-order valence-electron chi connectivity index (χ1n) is 8.47. The monoisotopic (exact) mass is 348 g/mol. The van der Waals surface area contributed by atoms with Crippen LogP contribution in [0.5, 0.6) is 0 Å². The average Bonchev–Trinajstić information content (AvgIpc) is 3.27. The van der Waals surface area contributed by atoms with Gasteiger partial charge in [-0.2, -0.15) is 5.10 Å². The summed E-state index contributed by atoms with van der Waals surface area (Å²) in [6, 6.07) is 5.37. The van der Waals surface area contributed by atoms with Gasteiger partial charge >= 0.3 is 0 Å². The third-order valence-electron chi connectivity index (χ3n) is 4.40. The topological polar surface area (TPSA) is 118 Å². The Kier molecular flexibility index (Phi) is 5.85. The van der Waals surface area contributed by atoms with Crippen LogP contribution in [0.3, 0.4) is 0 Å². The number of nitrogens with one attached hydrogen (secondary N) is 1. The highest BCUT2D eigenvalue weighted by atomic mass is 16.5. The molecule has 4 N–H and O–H groups in total. The molecule has 136 valence electrons. The largest absolute Gasteiger partial charge is 0.467 e. The molecule has 0 radical (unpaired) electrons. The second-order valence-corrected chi connectivity index (χ2v) is 6.42. The first-order chi connectivity index (χ1) is 12.1. The lowest BCUT2D eigenvalue weighted by Crippen LogP contribution is -2.40. The van der Waals surface area contributed by atoms with Gasteiger partial charge in [-0.3, -0.25) is 9.89 Å². The molecule has 2 aromatic rings. The second kappa shape index (κ2) is 8.28. The molecule has 0 aliphatic carbocycles. The summed E-state index contributed by atoms with van der Waals surface area (Å²) in [6.45, 7) is 2.90. The zero-order valence-corrected chi connectivity index (χ0v) is 14.1. The number of aromatic nitrogens is 2. The quantitative estimate of drug-likeness (QED) is 0.651. The standard InChI is InChI=1S/C17H24N4O4/c18-17(23)16-7-15(19-20-16)12-3-1-5-21(8-12)9-13(22)10-24-11-14-4-2-6-25-14/h2,4,6-7,12-13,22H,1,3,5,8-11H2,(H2,18,23)(H,19,20)/t12-,13-/m0/s1. The Morgan fingerprint density at radius 3 is 3.20 bits per heavy atom. The zero-order chi connectivity index (χ0) is 17.6. The van der Waals surface area contributed by atoms with Crippen molar-refractivity contribution in [3.8, 4) is 0 Å². The number of furan rings is 1. The van der Waals surface area contributed by atoms with Crippen LogP contribution in [0.2, 0.25) is 0 Å². The van der Waals surface area contributed by atoms with Crippen LogP contribution in [0.15, 0.2) is 28.9 Å². The lowest BCUT2D eigenvalue weighted by atomic mass is 9.94. The van der Waals surface area contributed by atoms with Crippen molar-refractivity contribution in [2.24, 2.45) is 5.73 Å². The molecule has 8 heteroatoms. The number of β-amino-alcohol motifs (C(OH)–C–C–N with tert-alkyl or cyclic N) is 1. The summed E-state index contributed by atoms with van der Waals surface area (Å²) < 4.78 is 10.7. The van der Waals surface area contributed by atoms with Crippen LogP contribution >= 0.6 is 0 Å². The van der Waals surface area contributed by atoms with E-state index in [4.69, 9.17) is 14.9 Å². The number of hydrogen-bond acceptors (Lipinski definition) is 6. The van der Waals surface area contributed by atoms with Gasteiger partial charge in [0, 0.05) is 24.7 Å². The van der Waals surface area contributed by atoms with Gasteiger partial charge in [-0.25, -0.2) is 0 Å². The highest BCUT2D eigenvalue weighted by Gasteiger charge is 2.25. The number of carbonyl (C=O) groups is 1. The molecule has 1 amide bonds. The third kappa shape index (κ3) is 4.91. The van der Waals surface area contributed by atoms with Gasteiger partial charge in [-0.05, 0) is 37.6 Å². The molecule has 0 aromatic carbocycles. The molecule has 0 bridgehead atoms. The van der Waals surface area contributed by atoms with E-state index in [1.165, 1.54) is 0 Å². The van der Waals surface area contributed by atoms with Crippen molar-refractivity contribution in [2.75, 3.05) is 26.2 Å². The van der Waals surface area contributed by atoms with Gasteiger partial charge in [0.2, 0.25) is 0 Å². The Bertz CT molecular complexity index is 670. The molecule has 1 aliphatic rings. The van der Waals surface area contributed by atoms with Crippen molar-refractivity contribution >= 4 is 5.91 Å². The number of hydrogen-bond donors (Lipinski definition) is 3. The van der Waals surface area contributed by atoms with Crippen molar-refractivity contribution in [3.63, 3.8) is 0 Å². The van der Waals surface area contributed by atoms with Crippen molar-refractivity contribution in [2.45, 2.75) is 31.5 Å². The molecule has 0 unspecified atom stereocenters. The summed E-state index contributed by atoms with van der Waals surface area (Å²) >= 11 is 0. The summed E-state index contributed by atoms with van der Waals surface area (Å²) in [5, 5.41) is 17.0. The summed E-state index contributed by atoms with van der Waals surface area (Å²) in [4.78, 5) is 13.4. The van der Waals surface area contributed by atoms with Crippen LogP contribution < -0.4 is 5.73 Å². The number of nitrogens with two attached hydrogens (primary N) is 1. The highest BCUT2D eigenvalue weighted by Crippen LogP contribution is 2.26. The van der Waals surface area contributed by atoms with E-state index in [1.807, 2.05) is 12.1 Å². The minimum absolute atomic E-state index is 0.255. The predicted octanol–water partition coefficient (Wildman–Crippen LogP) is 0.859. The molecule has 2 aromatic heterocycles. The van der Waals surface area contributed by atoms with Gasteiger partial charge in [0.05, 0.1) is 19.0 Å². The summed E-state index contributed by atoms with van der Waals surface area (Å²) in [6.07, 6.45) is 3.08. The maximum Gasteiger partial charge on any atom is 0.269 e. The molecule has 1 fully saturated rings. The van der Waals surface area contributed by atoms with Gasteiger partial charge in [-0.15, -0.1) is 0 Å². The number of likely N-dealkylation sites (tertiary alicyclic amines) is 1. The highest BCUT2D eigenvalue weighted by molar-refractivity contribution is 5.90. The fourth-order valence-electron chi connectivity index (χ4n) is 3.19. The number of H-pyrrole nitrogens is 1. The molecule has 1 aliphatic heterocycles. The van der Waals surface area contributed by atoms with E-state index in [1.54, 1.807) is 12.3 Å². The number of carbonyl (C=O) groups excluding carboxylic acids is 1. The van der Waals surface area contributed by atoms with E-state index in [0.717, 1.165) is 37.4 Å². The average molecular weight is 348 g/mol. The van der Waals surface area contributed by atoms with Crippen molar-refractivity contribution in [1.82, 2.24) is 15.1 Å². The third-order valence-corrected chi connectivity index (χ3v) is 4.40. The lowest BCUT2D eigenvalue weighted by molar-refractivity contribution is 0.00118. The van der Waals surface area contributed by atoms with Crippen LogP contribution in [-0.2, 0) is 11.3 Å².